The van der Waals surface area contributed by atoms with Gasteiger partial charge in [0.15, 0.2) is 5.69 Å². The molecule has 0 amide bonds. The number of aromatic nitrogens is 2. The summed E-state index contributed by atoms with van der Waals surface area (Å²) in [5.41, 5.74) is -0.0505. The molecule has 1 atom stereocenters. The van der Waals surface area contributed by atoms with Crippen LogP contribution in [-0.4, -0.2) is 40.5 Å². The predicted molar refractivity (Wildman–Crippen MR) is 56.5 cm³/mol. The Kier molecular flexibility index (Phi) is 3.31. The van der Waals surface area contributed by atoms with Gasteiger partial charge in [-0.3, -0.25) is 0 Å². The number of carboxylic acids is 1. The topological polar surface area (TPSA) is 84.3 Å². The van der Waals surface area contributed by atoms with Crippen LogP contribution in [-0.2, 0) is 4.74 Å². The molecule has 0 radical (unpaired) electrons. The summed E-state index contributed by atoms with van der Waals surface area (Å²) < 4.78 is 5.31. The Bertz CT molecular complexity index is 360. The zero-order valence-electron chi connectivity index (χ0n) is 8.72. The Hall–Kier alpha value is -1.69. The van der Waals surface area contributed by atoms with Gasteiger partial charge in [0, 0.05) is 6.61 Å². The predicted octanol–water partition coefficient (Wildman–Crippen LogP) is 0.766. The summed E-state index contributed by atoms with van der Waals surface area (Å²) in [6, 6.07) is 3.28. The van der Waals surface area contributed by atoms with Crippen LogP contribution in [0.25, 0.3) is 0 Å². The molecule has 1 aromatic rings. The lowest BCUT2D eigenvalue weighted by Crippen LogP contribution is -2.30. The summed E-state index contributed by atoms with van der Waals surface area (Å²) in [4.78, 5) is 10.6. The molecule has 1 saturated heterocycles. The van der Waals surface area contributed by atoms with Gasteiger partial charge in [0.05, 0.1) is 12.6 Å². The van der Waals surface area contributed by atoms with Gasteiger partial charge in [-0.1, -0.05) is 0 Å². The SMILES string of the molecule is O=C(O)c1ccc(NC2CCCOC2)nn1. The van der Waals surface area contributed by atoms with Crippen molar-refractivity contribution in [1.82, 2.24) is 10.2 Å². The van der Waals surface area contributed by atoms with E-state index in [0.717, 1.165) is 19.4 Å². The van der Waals surface area contributed by atoms with Gasteiger partial charge in [-0.15, -0.1) is 10.2 Å². The van der Waals surface area contributed by atoms with Crippen molar-refractivity contribution in [3.05, 3.63) is 17.8 Å². The van der Waals surface area contributed by atoms with E-state index in [1.54, 1.807) is 6.07 Å². The average Bonchev–Trinajstić information content (AvgIpc) is 2.31. The second kappa shape index (κ2) is 4.89. The first kappa shape index (κ1) is 10.8. The van der Waals surface area contributed by atoms with Crippen LogP contribution in [0.3, 0.4) is 0 Å². The quantitative estimate of drug-likeness (QED) is 0.787. The zero-order chi connectivity index (χ0) is 11.4. The Morgan fingerprint density at radius 1 is 1.50 bits per heavy atom. The lowest BCUT2D eigenvalue weighted by molar-refractivity contribution is 0.0689. The monoisotopic (exact) mass is 223 g/mol. The molecule has 1 aliphatic heterocycles. The van der Waals surface area contributed by atoms with Crippen LogP contribution in [0, 0.1) is 0 Å². The highest BCUT2D eigenvalue weighted by molar-refractivity contribution is 5.85. The number of rotatable bonds is 3. The molecular formula is C10H13N3O3. The highest BCUT2D eigenvalue weighted by Crippen LogP contribution is 2.11. The van der Waals surface area contributed by atoms with Gasteiger partial charge >= 0.3 is 5.97 Å². The fourth-order valence-electron chi connectivity index (χ4n) is 1.59. The number of ether oxygens (including phenoxy) is 1. The van der Waals surface area contributed by atoms with E-state index in [2.05, 4.69) is 15.5 Å². The summed E-state index contributed by atoms with van der Waals surface area (Å²) in [6.07, 6.45) is 2.06. The third-order valence-electron chi connectivity index (χ3n) is 2.40. The van der Waals surface area contributed by atoms with Crippen LogP contribution in [0.4, 0.5) is 5.82 Å². The van der Waals surface area contributed by atoms with E-state index in [9.17, 15) is 4.79 Å². The van der Waals surface area contributed by atoms with Crippen molar-refractivity contribution < 1.29 is 14.6 Å². The number of hydrogen-bond acceptors (Lipinski definition) is 5. The molecule has 1 fully saturated rings. The molecule has 1 aromatic heterocycles. The van der Waals surface area contributed by atoms with Crippen LogP contribution in [0.2, 0.25) is 0 Å². The van der Waals surface area contributed by atoms with E-state index in [4.69, 9.17) is 9.84 Å². The van der Waals surface area contributed by atoms with Crippen molar-refractivity contribution in [3.8, 4) is 0 Å². The summed E-state index contributed by atoms with van der Waals surface area (Å²) >= 11 is 0. The van der Waals surface area contributed by atoms with Crippen LogP contribution in [0.15, 0.2) is 12.1 Å². The highest BCUT2D eigenvalue weighted by atomic mass is 16.5. The highest BCUT2D eigenvalue weighted by Gasteiger charge is 2.14. The van der Waals surface area contributed by atoms with Gasteiger partial charge in [0.25, 0.3) is 0 Å². The fraction of sp³-hybridized carbons (Fsp3) is 0.500. The Balaban J connectivity index is 1.96. The number of hydrogen-bond donors (Lipinski definition) is 2. The van der Waals surface area contributed by atoms with Crippen molar-refractivity contribution in [1.29, 1.82) is 0 Å². The molecule has 0 bridgehead atoms. The van der Waals surface area contributed by atoms with Crippen LogP contribution < -0.4 is 5.32 Å². The molecule has 1 aliphatic rings. The van der Waals surface area contributed by atoms with Gasteiger partial charge in [-0.25, -0.2) is 4.79 Å². The van der Waals surface area contributed by atoms with Crippen LogP contribution in [0.5, 0.6) is 0 Å². The van der Waals surface area contributed by atoms with Gasteiger partial charge < -0.3 is 15.2 Å². The molecule has 0 aliphatic carbocycles. The first-order valence-electron chi connectivity index (χ1n) is 5.17. The number of aromatic carboxylic acids is 1. The molecule has 0 saturated carbocycles. The molecule has 6 nitrogen and oxygen atoms in total. The molecule has 2 N–H and O–H groups in total. The number of carboxylic acid groups (broad SMARTS) is 1. The molecule has 2 heterocycles. The summed E-state index contributed by atoms with van der Waals surface area (Å²) in [5, 5.41) is 19.2. The minimum Gasteiger partial charge on any atom is -0.476 e. The molecule has 86 valence electrons. The summed E-state index contributed by atoms with van der Waals surface area (Å²) in [7, 11) is 0. The van der Waals surface area contributed by atoms with Crippen LogP contribution in [0.1, 0.15) is 23.3 Å². The summed E-state index contributed by atoms with van der Waals surface area (Å²) in [6.45, 7) is 1.46. The standard InChI is InChI=1S/C10H13N3O3/c14-10(15)8-3-4-9(13-12-8)11-7-2-1-5-16-6-7/h3-4,7H,1-2,5-6H2,(H,11,13)(H,14,15). The number of carbonyl (C=O) groups is 1. The van der Waals surface area contributed by atoms with E-state index in [0.29, 0.717) is 12.4 Å². The second-order valence-electron chi connectivity index (χ2n) is 3.67. The van der Waals surface area contributed by atoms with E-state index in [1.165, 1.54) is 6.07 Å². The van der Waals surface area contributed by atoms with Crippen molar-refractivity contribution in [2.45, 2.75) is 18.9 Å². The van der Waals surface area contributed by atoms with Gasteiger partial charge in [0.2, 0.25) is 0 Å². The number of anilines is 1. The van der Waals surface area contributed by atoms with E-state index in [-0.39, 0.29) is 11.7 Å². The van der Waals surface area contributed by atoms with Gasteiger partial charge in [-0.2, -0.15) is 0 Å². The molecular weight excluding hydrogens is 210 g/mol. The van der Waals surface area contributed by atoms with Gasteiger partial charge in [0.1, 0.15) is 5.82 Å². The third kappa shape index (κ3) is 2.66. The Morgan fingerprint density at radius 2 is 2.38 bits per heavy atom. The minimum atomic E-state index is -1.07. The molecule has 2 rings (SSSR count). The van der Waals surface area contributed by atoms with E-state index >= 15 is 0 Å². The van der Waals surface area contributed by atoms with Gasteiger partial charge in [-0.05, 0) is 25.0 Å². The minimum absolute atomic E-state index is 0.0505. The Labute approximate surface area is 92.6 Å². The number of nitrogens with one attached hydrogen (secondary N) is 1. The zero-order valence-corrected chi connectivity index (χ0v) is 8.72. The smallest absolute Gasteiger partial charge is 0.356 e. The van der Waals surface area contributed by atoms with Crippen molar-refractivity contribution in [2.75, 3.05) is 18.5 Å². The average molecular weight is 223 g/mol. The lowest BCUT2D eigenvalue weighted by atomic mass is 10.1. The summed E-state index contributed by atoms with van der Waals surface area (Å²) in [5.74, 6) is -0.486. The first-order valence-corrected chi connectivity index (χ1v) is 5.17. The third-order valence-corrected chi connectivity index (χ3v) is 2.40. The molecule has 6 heteroatoms. The van der Waals surface area contributed by atoms with E-state index < -0.39 is 5.97 Å². The van der Waals surface area contributed by atoms with Crippen LogP contribution >= 0.6 is 0 Å². The second-order valence-corrected chi connectivity index (χ2v) is 3.67. The van der Waals surface area contributed by atoms with Crippen molar-refractivity contribution >= 4 is 11.8 Å². The molecule has 16 heavy (non-hydrogen) atoms. The maximum Gasteiger partial charge on any atom is 0.356 e. The largest absolute Gasteiger partial charge is 0.476 e. The first-order chi connectivity index (χ1) is 7.75. The lowest BCUT2D eigenvalue weighted by Gasteiger charge is -2.23. The fourth-order valence-corrected chi connectivity index (χ4v) is 1.59. The maximum atomic E-state index is 10.6. The molecule has 1 unspecified atom stereocenters. The number of nitrogens with zero attached hydrogens (tertiary/aromatic N) is 2. The molecule has 0 aromatic carbocycles. The maximum absolute atomic E-state index is 10.6. The normalized spacial score (nSPS) is 20.4. The van der Waals surface area contributed by atoms with Crippen molar-refractivity contribution in [2.24, 2.45) is 0 Å². The molecule has 0 spiro atoms. The van der Waals surface area contributed by atoms with Crippen molar-refractivity contribution in [3.63, 3.8) is 0 Å². The Morgan fingerprint density at radius 3 is 2.94 bits per heavy atom. The van der Waals surface area contributed by atoms with E-state index in [1.807, 2.05) is 0 Å².